The number of amides is 2. The second-order valence-corrected chi connectivity index (χ2v) is 8.67. The lowest BCUT2D eigenvalue weighted by Gasteiger charge is -2.41. The number of hydrogen-bond donors (Lipinski definition) is 1. The summed E-state index contributed by atoms with van der Waals surface area (Å²) in [6.07, 6.45) is 5.40. The third-order valence-electron chi connectivity index (χ3n) is 6.57. The molecule has 1 fully saturated rings. The molecule has 0 aliphatic carbocycles. The number of nitrogens with zero attached hydrogens (tertiary/aromatic N) is 5. The van der Waals surface area contributed by atoms with Gasteiger partial charge in [0.2, 0.25) is 11.8 Å². The van der Waals surface area contributed by atoms with Crippen molar-refractivity contribution in [1.82, 2.24) is 30.0 Å². The molecule has 2 aromatic heterocycles. The van der Waals surface area contributed by atoms with Gasteiger partial charge in [0, 0.05) is 32.5 Å². The van der Waals surface area contributed by atoms with Gasteiger partial charge in [-0.15, -0.1) is 0 Å². The Bertz CT molecular complexity index is 1130. The Morgan fingerprint density at radius 1 is 1.06 bits per heavy atom. The molecule has 3 heterocycles. The first-order valence-electron chi connectivity index (χ1n) is 11.3. The fraction of sp³-hybridized carbons (Fsp3) is 0.400. The van der Waals surface area contributed by atoms with Crippen molar-refractivity contribution >= 4 is 11.8 Å². The van der Waals surface area contributed by atoms with E-state index in [1.165, 1.54) is 0 Å². The van der Waals surface area contributed by atoms with Crippen molar-refractivity contribution in [3.05, 3.63) is 66.0 Å². The molecule has 0 radical (unpaired) electrons. The summed E-state index contributed by atoms with van der Waals surface area (Å²) in [6, 6.07) is 12.2. The van der Waals surface area contributed by atoms with Gasteiger partial charge in [-0.2, -0.15) is 5.10 Å². The lowest BCUT2D eigenvalue weighted by molar-refractivity contribution is -0.140. The zero-order valence-electron chi connectivity index (χ0n) is 19.4. The number of pyridine rings is 1. The molecular weight excluding hydrogens is 416 g/mol. The van der Waals surface area contributed by atoms with E-state index < -0.39 is 5.41 Å². The van der Waals surface area contributed by atoms with E-state index in [0.29, 0.717) is 38.2 Å². The Labute approximate surface area is 194 Å². The van der Waals surface area contributed by atoms with Crippen LogP contribution in [0.2, 0.25) is 0 Å². The predicted octanol–water partition coefficient (Wildman–Crippen LogP) is 2.55. The summed E-state index contributed by atoms with van der Waals surface area (Å²) in [5.74, 6) is 1.42. The second kappa shape index (κ2) is 9.52. The number of likely N-dealkylation sites (tertiary alicyclic amines) is 1. The van der Waals surface area contributed by atoms with Gasteiger partial charge < -0.3 is 10.2 Å². The van der Waals surface area contributed by atoms with E-state index in [0.717, 1.165) is 22.5 Å². The van der Waals surface area contributed by atoms with E-state index in [9.17, 15) is 9.59 Å². The maximum absolute atomic E-state index is 13.1. The number of aryl methyl sites for hydroxylation is 2. The summed E-state index contributed by atoms with van der Waals surface area (Å²) in [4.78, 5) is 36.2. The molecule has 8 nitrogen and oxygen atoms in total. The Hall–Kier alpha value is -3.55. The van der Waals surface area contributed by atoms with Crippen molar-refractivity contribution < 1.29 is 9.59 Å². The highest BCUT2D eigenvalue weighted by molar-refractivity contribution is 5.84. The molecule has 0 unspecified atom stereocenters. The Kier molecular flexibility index (Phi) is 6.53. The third kappa shape index (κ3) is 4.79. The minimum Gasteiger partial charge on any atom is -0.359 e. The van der Waals surface area contributed by atoms with Gasteiger partial charge in [0.25, 0.3) is 0 Å². The number of piperidine rings is 1. The van der Waals surface area contributed by atoms with Gasteiger partial charge in [-0.1, -0.05) is 24.3 Å². The van der Waals surface area contributed by atoms with Crippen LogP contribution in [0.3, 0.4) is 0 Å². The van der Waals surface area contributed by atoms with E-state index in [1.54, 1.807) is 24.1 Å². The number of hydrogen-bond acceptors (Lipinski definition) is 5. The Morgan fingerprint density at radius 2 is 1.76 bits per heavy atom. The van der Waals surface area contributed by atoms with Crippen molar-refractivity contribution in [2.24, 2.45) is 5.41 Å². The van der Waals surface area contributed by atoms with E-state index in [1.807, 2.05) is 43.0 Å². The van der Waals surface area contributed by atoms with Crippen molar-refractivity contribution in [3.8, 4) is 11.1 Å². The average molecular weight is 447 g/mol. The smallest absolute Gasteiger partial charge is 0.244 e. The number of aromatic nitrogens is 4. The molecule has 0 atom stereocenters. The van der Waals surface area contributed by atoms with Crippen LogP contribution in [0, 0.1) is 19.3 Å². The Balaban J connectivity index is 1.52. The minimum atomic E-state index is -0.561. The van der Waals surface area contributed by atoms with Crippen LogP contribution in [0.1, 0.15) is 30.1 Å². The summed E-state index contributed by atoms with van der Waals surface area (Å²) in [5, 5.41) is 7.17. The van der Waals surface area contributed by atoms with Crippen molar-refractivity contribution in [3.63, 3.8) is 0 Å². The summed E-state index contributed by atoms with van der Waals surface area (Å²) < 4.78 is 1.64. The average Bonchev–Trinajstić information content (AvgIpc) is 3.16. The molecular formula is C25H30N6O2. The summed E-state index contributed by atoms with van der Waals surface area (Å²) >= 11 is 0. The summed E-state index contributed by atoms with van der Waals surface area (Å²) in [7, 11) is 1.69. The molecule has 0 spiro atoms. The van der Waals surface area contributed by atoms with Gasteiger partial charge in [-0.05, 0) is 61.9 Å². The molecule has 4 rings (SSSR count). The molecule has 2 amide bonds. The van der Waals surface area contributed by atoms with Gasteiger partial charge in [-0.3, -0.25) is 14.6 Å². The van der Waals surface area contributed by atoms with Crippen LogP contribution in [0.25, 0.3) is 11.1 Å². The van der Waals surface area contributed by atoms with Crippen molar-refractivity contribution in [1.29, 1.82) is 0 Å². The molecule has 0 bridgehead atoms. The molecule has 33 heavy (non-hydrogen) atoms. The van der Waals surface area contributed by atoms with Gasteiger partial charge in [0.1, 0.15) is 18.2 Å². The molecule has 0 saturated carbocycles. The summed E-state index contributed by atoms with van der Waals surface area (Å²) in [5.41, 5.74) is 2.76. The fourth-order valence-electron chi connectivity index (χ4n) is 4.72. The van der Waals surface area contributed by atoms with E-state index in [2.05, 4.69) is 32.5 Å². The first-order chi connectivity index (χ1) is 15.9. The number of nitrogens with one attached hydrogen (secondary N) is 1. The van der Waals surface area contributed by atoms with Crippen LogP contribution < -0.4 is 5.32 Å². The van der Waals surface area contributed by atoms with Gasteiger partial charge in [-0.25, -0.2) is 9.67 Å². The van der Waals surface area contributed by atoms with E-state index >= 15 is 0 Å². The number of benzene rings is 1. The highest BCUT2D eigenvalue weighted by Crippen LogP contribution is 2.38. The number of carbonyl (C=O) groups excluding carboxylic acids is 2. The second-order valence-electron chi connectivity index (χ2n) is 8.67. The normalized spacial score (nSPS) is 15.3. The fourth-order valence-corrected chi connectivity index (χ4v) is 4.72. The lowest BCUT2D eigenvalue weighted by atomic mass is 9.72. The molecule has 172 valence electrons. The zero-order valence-corrected chi connectivity index (χ0v) is 19.4. The zero-order chi connectivity index (χ0) is 23.4. The first kappa shape index (κ1) is 22.6. The molecule has 8 heteroatoms. The minimum absolute atomic E-state index is 0.00527. The molecule has 1 aliphatic rings. The van der Waals surface area contributed by atoms with E-state index in [-0.39, 0.29) is 18.4 Å². The number of carbonyl (C=O) groups is 2. The van der Waals surface area contributed by atoms with Gasteiger partial charge >= 0.3 is 0 Å². The third-order valence-corrected chi connectivity index (χ3v) is 6.57. The van der Waals surface area contributed by atoms with Crippen LogP contribution in [0.4, 0.5) is 0 Å². The lowest BCUT2D eigenvalue weighted by Crippen LogP contribution is -2.51. The van der Waals surface area contributed by atoms with E-state index in [4.69, 9.17) is 0 Å². The molecule has 1 saturated heterocycles. The molecule has 1 N–H and O–H groups in total. The maximum Gasteiger partial charge on any atom is 0.244 e. The largest absolute Gasteiger partial charge is 0.359 e. The maximum atomic E-state index is 13.1. The molecule has 1 aromatic carbocycles. The quantitative estimate of drug-likeness (QED) is 0.628. The van der Waals surface area contributed by atoms with Crippen LogP contribution in [-0.2, 0) is 22.6 Å². The SMILES string of the molecule is CNC(=O)C1(Cc2ccccc2-c2ccncc2)CCN(C(=O)Cn2nc(C)nc2C)CC1. The first-order valence-corrected chi connectivity index (χ1v) is 11.3. The van der Waals surface area contributed by atoms with Gasteiger partial charge in [0.15, 0.2) is 0 Å². The summed E-state index contributed by atoms with van der Waals surface area (Å²) in [6.45, 7) is 4.91. The number of rotatable bonds is 6. The topological polar surface area (TPSA) is 93.0 Å². The van der Waals surface area contributed by atoms with Crippen LogP contribution in [0.15, 0.2) is 48.8 Å². The van der Waals surface area contributed by atoms with Crippen LogP contribution in [0.5, 0.6) is 0 Å². The highest BCUT2D eigenvalue weighted by Gasteiger charge is 2.42. The van der Waals surface area contributed by atoms with Gasteiger partial charge in [0.05, 0.1) is 5.41 Å². The van der Waals surface area contributed by atoms with Crippen LogP contribution >= 0.6 is 0 Å². The highest BCUT2D eigenvalue weighted by atomic mass is 16.2. The monoisotopic (exact) mass is 446 g/mol. The van der Waals surface area contributed by atoms with Crippen molar-refractivity contribution in [2.75, 3.05) is 20.1 Å². The Morgan fingerprint density at radius 3 is 2.39 bits per heavy atom. The standard InChI is InChI=1S/C25H30N6O2/c1-18-28-19(2)31(29-18)17-23(32)30-14-10-25(11-15-30,24(33)26-3)16-21-6-4-5-7-22(21)20-8-12-27-13-9-20/h4-9,12-13H,10-11,14-17H2,1-3H3,(H,26,33). The molecule has 3 aromatic rings. The van der Waals surface area contributed by atoms with Crippen LogP contribution in [-0.4, -0.2) is 56.6 Å². The molecule has 1 aliphatic heterocycles. The van der Waals surface area contributed by atoms with Crippen molar-refractivity contribution in [2.45, 2.75) is 39.7 Å². The predicted molar refractivity (Wildman–Crippen MR) is 125 cm³/mol.